The van der Waals surface area contributed by atoms with Crippen LogP contribution in [0.5, 0.6) is 0 Å². The van der Waals surface area contributed by atoms with Gasteiger partial charge in [-0.3, -0.25) is 0 Å². The monoisotopic (exact) mass is 417 g/mol. The van der Waals surface area contributed by atoms with E-state index in [0.717, 1.165) is 27.8 Å². The van der Waals surface area contributed by atoms with Gasteiger partial charge in [0.1, 0.15) is 0 Å². The third-order valence-corrected chi connectivity index (χ3v) is 4.96. The first kappa shape index (κ1) is 15.9. The maximum absolute atomic E-state index is 12.1. The topological polar surface area (TPSA) is 38.7 Å². The largest absolute Gasteiger partial charge is 0.402 e. The molecule has 0 atom stereocenters. The number of hydrogen-bond acceptors (Lipinski definition) is 3. The van der Waals surface area contributed by atoms with Crippen LogP contribution in [0, 0.1) is 24.3 Å². The first-order chi connectivity index (χ1) is 10.9. The van der Waals surface area contributed by atoms with Crippen molar-refractivity contribution in [2.45, 2.75) is 20.8 Å². The van der Waals surface area contributed by atoms with E-state index in [9.17, 15) is 4.79 Å². The number of carbonyl (C=O) groups excluding carboxylic acids is 1. The summed E-state index contributed by atoms with van der Waals surface area (Å²) in [5, 5.41) is 0. The number of cyclic esters (lactones) is 1. The van der Waals surface area contributed by atoms with E-state index in [1.807, 2.05) is 57.2 Å². The minimum absolute atomic E-state index is 0.338. The van der Waals surface area contributed by atoms with Crippen LogP contribution in [0.2, 0.25) is 0 Å². The summed E-state index contributed by atoms with van der Waals surface area (Å²) in [4.78, 5) is 16.5. The third-order valence-electron chi connectivity index (χ3n) is 3.75. The number of benzene rings is 2. The molecule has 3 nitrogen and oxygen atoms in total. The smallest absolute Gasteiger partial charge is 0.363 e. The molecule has 0 aromatic heterocycles. The number of esters is 1. The molecule has 0 radical (unpaired) electrons. The standard InChI is InChI=1S/C19H16INO2/c1-11-4-5-12(2)15(8-11)10-17-19(22)23-18(21-17)14-6-7-16(20)13(3)9-14/h4-10H,1-3H3/b17-10-. The number of aliphatic imine (C=N–C) groups is 1. The third kappa shape index (κ3) is 3.37. The van der Waals surface area contributed by atoms with Crippen LogP contribution in [-0.2, 0) is 9.53 Å². The molecule has 2 aromatic rings. The molecule has 1 aliphatic rings. The highest BCUT2D eigenvalue weighted by Gasteiger charge is 2.24. The normalized spacial score (nSPS) is 15.7. The fourth-order valence-corrected chi connectivity index (χ4v) is 2.71. The van der Waals surface area contributed by atoms with Crippen LogP contribution < -0.4 is 0 Å². The first-order valence-electron chi connectivity index (χ1n) is 7.30. The van der Waals surface area contributed by atoms with Crippen molar-refractivity contribution in [1.82, 2.24) is 0 Å². The van der Waals surface area contributed by atoms with E-state index in [1.54, 1.807) is 6.08 Å². The molecule has 1 aliphatic heterocycles. The molecule has 3 rings (SSSR count). The fraction of sp³-hybridized carbons (Fsp3) is 0.158. The molecule has 23 heavy (non-hydrogen) atoms. The van der Waals surface area contributed by atoms with Gasteiger partial charge in [-0.1, -0.05) is 23.8 Å². The van der Waals surface area contributed by atoms with Crippen LogP contribution in [0.4, 0.5) is 0 Å². The van der Waals surface area contributed by atoms with E-state index in [0.29, 0.717) is 11.6 Å². The Kier molecular flexibility index (Phi) is 4.35. The van der Waals surface area contributed by atoms with Crippen molar-refractivity contribution in [2.24, 2.45) is 4.99 Å². The van der Waals surface area contributed by atoms with Crippen molar-refractivity contribution < 1.29 is 9.53 Å². The maximum atomic E-state index is 12.1. The average molecular weight is 417 g/mol. The zero-order chi connectivity index (χ0) is 16.6. The van der Waals surface area contributed by atoms with Gasteiger partial charge >= 0.3 is 5.97 Å². The molecular weight excluding hydrogens is 401 g/mol. The molecular formula is C19H16INO2. The average Bonchev–Trinajstić information content (AvgIpc) is 2.87. The summed E-state index contributed by atoms with van der Waals surface area (Å²) in [6.07, 6.45) is 1.79. The molecule has 2 aromatic carbocycles. The summed E-state index contributed by atoms with van der Waals surface area (Å²) < 4.78 is 6.51. The molecule has 0 unspecified atom stereocenters. The number of nitrogens with zero attached hydrogens (tertiary/aromatic N) is 1. The molecule has 0 spiro atoms. The van der Waals surface area contributed by atoms with Gasteiger partial charge in [0, 0.05) is 9.13 Å². The van der Waals surface area contributed by atoms with Gasteiger partial charge in [-0.2, -0.15) is 0 Å². The first-order valence-corrected chi connectivity index (χ1v) is 8.38. The minimum atomic E-state index is -0.405. The van der Waals surface area contributed by atoms with Crippen LogP contribution in [0.15, 0.2) is 47.1 Å². The Bertz CT molecular complexity index is 866. The van der Waals surface area contributed by atoms with E-state index in [1.165, 1.54) is 3.57 Å². The van der Waals surface area contributed by atoms with Gasteiger partial charge in [0.15, 0.2) is 5.70 Å². The second-order valence-corrected chi connectivity index (χ2v) is 6.82. The van der Waals surface area contributed by atoms with E-state index in [-0.39, 0.29) is 0 Å². The van der Waals surface area contributed by atoms with Crippen molar-refractivity contribution >= 4 is 40.5 Å². The van der Waals surface area contributed by atoms with Crippen molar-refractivity contribution in [3.05, 3.63) is 73.5 Å². The van der Waals surface area contributed by atoms with Gasteiger partial charge < -0.3 is 4.74 Å². The number of halogens is 1. The quantitative estimate of drug-likeness (QED) is 0.408. The molecule has 0 saturated heterocycles. The summed E-state index contributed by atoms with van der Waals surface area (Å²) in [6.45, 7) is 6.06. The van der Waals surface area contributed by atoms with Gasteiger partial charge in [0.2, 0.25) is 5.90 Å². The molecule has 0 fully saturated rings. The lowest BCUT2D eigenvalue weighted by Gasteiger charge is -2.02. The Hall–Kier alpha value is -1.95. The van der Waals surface area contributed by atoms with Crippen molar-refractivity contribution in [1.29, 1.82) is 0 Å². The molecule has 0 saturated carbocycles. The van der Waals surface area contributed by atoms with Gasteiger partial charge in [0.05, 0.1) is 0 Å². The SMILES string of the molecule is Cc1ccc(C)c(/C=C2\N=C(c3ccc(I)c(C)c3)OC2=O)c1. The highest BCUT2D eigenvalue weighted by atomic mass is 127. The number of rotatable bonds is 2. The van der Waals surface area contributed by atoms with Crippen molar-refractivity contribution in [3.63, 3.8) is 0 Å². The summed E-state index contributed by atoms with van der Waals surface area (Å²) in [6, 6.07) is 12.0. The van der Waals surface area contributed by atoms with Crippen molar-refractivity contribution in [2.75, 3.05) is 0 Å². The number of ether oxygens (including phenoxy) is 1. The predicted molar refractivity (Wildman–Crippen MR) is 100 cm³/mol. The van der Waals surface area contributed by atoms with Crippen molar-refractivity contribution in [3.8, 4) is 0 Å². The van der Waals surface area contributed by atoms with Gasteiger partial charge in [-0.05, 0) is 84.3 Å². The van der Waals surface area contributed by atoms with Gasteiger partial charge in [0.25, 0.3) is 0 Å². The second kappa shape index (κ2) is 6.28. The minimum Gasteiger partial charge on any atom is -0.402 e. The number of aryl methyl sites for hydroxylation is 3. The molecule has 116 valence electrons. The second-order valence-electron chi connectivity index (χ2n) is 5.66. The van der Waals surface area contributed by atoms with E-state index in [4.69, 9.17) is 4.74 Å². The molecule has 1 heterocycles. The van der Waals surface area contributed by atoms with Crippen LogP contribution in [0.1, 0.15) is 27.8 Å². The zero-order valence-corrected chi connectivity index (χ0v) is 15.3. The highest BCUT2D eigenvalue weighted by Crippen LogP contribution is 2.22. The molecule has 0 amide bonds. The molecule has 0 N–H and O–H groups in total. The van der Waals surface area contributed by atoms with Gasteiger partial charge in [-0.25, -0.2) is 9.79 Å². The van der Waals surface area contributed by atoms with E-state index in [2.05, 4.69) is 27.6 Å². The zero-order valence-electron chi connectivity index (χ0n) is 13.2. The highest BCUT2D eigenvalue weighted by molar-refractivity contribution is 14.1. The predicted octanol–water partition coefficient (Wildman–Crippen LogP) is 4.56. The summed E-state index contributed by atoms with van der Waals surface area (Å²) in [7, 11) is 0. The van der Waals surface area contributed by atoms with Crippen LogP contribution in [0.3, 0.4) is 0 Å². The Morgan fingerprint density at radius 1 is 1.04 bits per heavy atom. The van der Waals surface area contributed by atoms with Gasteiger partial charge in [-0.15, -0.1) is 0 Å². The van der Waals surface area contributed by atoms with Crippen LogP contribution in [0.25, 0.3) is 6.08 Å². The number of hydrogen-bond donors (Lipinski definition) is 0. The fourth-order valence-electron chi connectivity index (χ4n) is 2.37. The lowest BCUT2D eigenvalue weighted by atomic mass is 10.0. The summed E-state index contributed by atoms with van der Waals surface area (Å²) in [5.74, 6) is -0.0387. The van der Waals surface area contributed by atoms with Crippen LogP contribution in [-0.4, -0.2) is 11.9 Å². The Labute approximate surface area is 149 Å². The molecule has 4 heteroatoms. The Balaban J connectivity index is 1.99. The van der Waals surface area contributed by atoms with E-state index < -0.39 is 5.97 Å². The molecule has 0 aliphatic carbocycles. The summed E-state index contributed by atoms with van der Waals surface area (Å²) >= 11 is 2.28. The number of carbonyl (C=O) groups is 1. The van der Waals surface area contributed by atoms with E-state index >= 15 is 0 Å². The maximum Gasteiger partial charge on any atom is 0.363 e. The Morgan fingerprint density at radius 3 is 2.57 bits per heavy atom. The lowest BCUT2D eigenvalue weighted by molar-refractivity contribution is -0.129. The lowest BCUT2D eigenvalue weighted by Crippen LogP contribution is -2.05. The summed E-state index contributed by atoms with van der Waals surface area (Å²) in [5.41, 5.74) is 5.52. The Morgan fingerprint density at radius 2 is 1.83 bits per heavy atom. The van der Waals surface area contributed by atoms with Crippen LogP contribution >= 0.6 is 22.6 Å². The molecule has 0 bridgehead atoms.